The van der Waals surface area contributed by atoms with E-state index in [1.165, 1.54) is 6.21 Å². The number of thiocarbonyl (C=S) groups is 1. The molecule has 0 spiro atoms. The quantitative estimate of drug-likeness (QED) is 0.210. The number of carbonyl (C=O) groups is 2. The molecular formula is C7H11N5O2S. The molecule has 15 heavy (non-hydrogen) atoms. The van der Waals surface area contributed by atoms with E-state index in [0.717, 1.165) is 0 Å². The van der Waals surface area contributed by atoms with Crippen LogP contribution in [0.4, 0.5) is 4.79 Å². The highest BCUT2D eigenvalue weighted by Crippen LogP contribution is 2.12. The van der Waals surface area contributed by atoms with Crippen molar-refractivity contribution in [2.45, 2.75) is 18.9 Å². The van der Waals surface area contributed by atoms with E-state index >= 15 is 0 Å². The standard InChI is InChI=1S/C7H11N5O2S/c1-2-7(3-9-12-5(8)15)4(13)10-6(14)11-7/h3H,2H2,1H3,(H3,8,12,15)(H2,10,11,13,14). The first-order valence-electron chi connectivity index (χ1n) is 4.23. The van der Waals surface area contributed by atoms with Crippen molar-refractivity contribution < 1.29 is 9.59 Å². The summed E-state index contributed by atoms with van der Waals surface area (Å²) in [5.74, 6) is -0.441. The average molecular weight is 229 g/mol. The summed E-state index contributed by atoms with van der Waals surface area (Å²) in [6, 6.07) is -0.538. The number of urea groups is 1. The Morgan fingerprint density at radius 3 is 2.80 bits per heavy atom. The van der Waals surface area contributed by atoms with Gasteiger partial charge in [-0.25, -0.2) is 4.79 Å². The second kappa shape index (κ2) is 4.22. The van der Waals surface area contributed by atoms with Gasteiger partial charge in [-0.05, 0) is 18.6 Å². The predicted octanol–water partition coefficient (Wildman–Crippen LogP) is -1.21. The van der Waals surface area contributed by atoms with Crippen LogP contribution in [0.15, 0.2) is 5.10 Å². The van der Waals surface area contributed by atoms with Crippen molar-refractivity contribution in [3.8, 4) is 0 Å². The van der Waals surface area contributed by atoms with Crippen LogP contribution in [0.2, 0.25) is 0 Å². The zero-order valence-corrected chi connectivity index (χ0v) is 8.85. The lowest BCUT2D eigenvalue weighted by Gasteiger charge is -2.18. The average Bonchev–Trinajstić information content (AvgIpc) is 2.41. The molecule has 1 rings (SSSR count). The zero-order valence-electron chi connectivity index (χ0n) is 8.03. The number of nitrogens with one attached hydrogen (secondary N) is 3. The number of nitrogens with zero attached hydrogens (tertiary/aromatic N) is 1. The fraction of sp³-hybridized carbons (Fsp3) is 0.429. The lowest BCUT2D eigenvalue weighted by atomic mass is 9.99. The van der Waals surface area contributed by atoms with Crippen molar-refractivity contribution in [1.82, 2.24) is 16.1 Å². The Morgan fingerprint density at radius 1 is 1.73 bits per heavy atom. The number of imide groups is 1. The van der Waals surface area contributed by atoms with Crippen LogP contribution in [-0.2, 0) is 4.79 Å². The van der Waals surface area contributed by atoms with Gasteiger partial charge in [-0.15, -0.1) is 0 Å². The molecule has 1 aliphatic rings. The number of carbonyl (C=O) groups excluding carboxylic acids is 2. The smallest absolute Gasteiger partial charge is 0.322 e. The SMILES string of the molecule is CCC1(C=NNC(N)=S)NC(=O)NC1=O. The van der Waals surface area contributed by atoms with E-state index in [4.69, 9.17) is 5.73 Å². The summed E-state index contributed by atoms with van der Waals surface area (Å²) in [7, 11) is 0. The van der Waals surface area contributed by atoms with Crippen LogP contribution in [0.3, 0.4) is 0 Å². The van der Waals surface area contributed by atoms with E-state index in [1.54, 1.807) is 6.92 Å². The Bertz CT molecular complexity index is 342. The van der Waals surface area contributed by atoms with Gasteiger partial charge in [0.15, 0.2) is 10.7 Å². The minimum absolute atomic E-state index is 0.0118. The molecule has 1 atom stereocenters. The summed E-state index contributed by atoms with van der Waals surface area (Å²) >= 11 is 4.53. The maximum atomic E-state index is 11.4. The largest absolute Gasteiger partial charge is 0.375 e. The van der Waals surface area contributed by atoms with Crippen LogP contribution >= 0.6 is 12.2 Å². The van der Waals surface area contributed by atoms with Gasteiger partial charge in [0.1, 0.15) is 0 Å². The fourth-order valence-electron chi connectivity index (χ4n) is 1.14. The number of hydrazone groups is 1. The first-order valence-corrected chi connectivity index (χ1v) is 4.64. The van der Waals surface area contributed by atoms with Crippen molar-refractivity contribution >= 4 is 35.5 Å². The summed E-state index contributed by atoms with van der Waals surface area (Å²) in [6.07, 6.45) is 1.65. The molecule has 8 heteroatoms. The molecule has 0 aliphatic carbocycles. The minimum atomic E-state index is -1.12. The Labute approximate surface area is 91.5 Å². The molecule has 1 heterocycles. The monoisotopic (exact) mass is 229 g/mol. The van der Waals surface area contributed by atoms with E-state index in [0.29, 0.717) is 6.42 Å². The van der Waals surface area contributed by atoms with Crippen molar-refractivity contribution in [2.24, 2.45) is 10.8 Å². The summed E-state index contributed by atoms with van der Waals surface area (Å²) in [6.45, 7) is 1.75. The summed E-state index contributed by atoms with van der Waals surface area (Å²) in [5.41, 5.74) is 6.34. The Hall–Kier alpha value is -1.70. The van der Waals surface area contributed by atoms with Gasteiger partial charge in [-0.3, -0.25) is 15.5 Å². The van der Waals surface area contributed by atoms with E-state index < -0.39 is 17.5 Å². The van der Waals surface area contributed by atoms with Crippen LogP contribution < -0.4 is 21.8 Å². The Balaban J connectivity index is 2.77. The lowest BCUT2D eigenvalue weighted by Crippen LogP contribution is -2.48. The third-order valence-corrected chi connectivity index (χ3v) is 2.08. The van der Waals surface area contributed by atoms with E-state index in [2.05, 4.69) is 33.4 Å². The van der Waals surface area contributed by atoms with Gasteiger partial charge in [0.05, 0.1) is 6.21 Å². The molecule has 0 aromatic heterocycles. The minimum Gasteiger partial charge on any atom is -0.375 e. The topological polar surface area (TPSA) is 109 Å². The lowest BCUT2D eigenvalue weighted by molar-refractivity contribution is -0.121. The van der Waals surface area contributed by atoms with Crippen molar-refractivity contribution in [3.05, 3.63) is 0 Å². The second-order valence-electron chi connectivity index (χ2n) is 2.97. The Morgan fingerprint density at radius 2 is 2.40 bits per heavy atom. The van der Waals surface area contributed by atoms with Gasteiger partial charge in [0.2, 0.25) is 0 Å². The molecule has 1 aliphatic heterocycles. The van der Waals surface area contributed by atoms with Gasteiger partial charge in [0.25, 0.3) is 5.91 Å². The highest BCUT2D eigenvalue weighted by Gasteiger charge is 2.43. The van der Waals surface area contributed by atoms with Crippen LogP contribution in [0.5, 0.6) is 0 Å². The fourth-order valence-corrected chi connectivity index (χ4v) is 1.20. The summed E-state index contributed by atoms with van der Waals surface area (Å²) in [4.78, 5) is 22.4. The van der Waals surface area contributed by atoms with Crippen molar-refractivity contribution in [2.75, 3.05) is 0 Å². The number of hydrogen-bond acceptors (Lipinski definition) is 4. The maximum absolute atomic E-state index is 11.4. The first-order chi connectivity index (χ1) is 7.00. The van der Waals surface area contributed by atoms with Gasteiger partial charge in [-0.2, -0.15) is 5.10 Å². The molecule has 82 valence electrons. The van der Waals surface area contributed by atoms with Crippen LogP contribution in [0.1, 0.15) is 13.3 Å². The van der Waals surface area contributed by atoms with Gasteiger partial charge < -0.3 is 11.1 Å². The number of hydrogen-bond donors (Lipinski definition) is 4. The number of amides is 3. The number of nitrogens with two attached hydrogens (primary N) is 1. The normalized spacial score (nSPS) is 25.1. The third-order valence-electron chi connectivity index (χ3n) is 1.99. The van der Waals surface area contributed by atoms with E-state index in [1.807, 2.05) is 0 Å². The Kier molecular flexibility index (Phi) is 3.20. The molecule has 0 saturated carbocycles. The van der Waals surface area contributed by atoms with Crippen LogP contribution in [0, 0.1) is 0 Å². The highest BCUT2D eigenvalue weighted by atomic mass is 32.1. The molecule has 5 N–H and O–H groups in total. The molecule has 1 fully saturated rings. The predicted molar refractivity (Wildman–Crippen MR) is 58.1 cm³/mol. The molecule has 7 nitrogen and oxygen atoms in total. The molecule has 0 radical (unpaired) electrons. The van der Waals surface area contributed by atoms with Crippen LogP contribution in [0.25, 0.3) is 0 Å². The summed E-state index contributed by atoms with van der Waals surface area (Å²) in [5, 5.41) is 8.24. The summed E-state index contributed by atoms with van der Waals surface area (Å²) < 4.78 is 0. The molecule has 0 aromatic rings. The molecule has 1 unspecified atom stereocenters. The van der Waals surface area contributed by atoms with Gasteiger partial charge in [0, 0.05) is 0 Å². The van der Waals surface area contributed by atoms with E-state index in [9.17, 15) is 9.59 Å². The van der Waals surface area contributed by atoms with Crippen LogP contribution in [-0.4, -0.2) is 28.8 Å². The molecular weight excluding hydrogens is 218 g/mol. The highest BCUT2D eigenvalue weighted by molar-refractivity contribution is 7.80. The molecule has 0 bridgehead atoms. The van der Waals surface area contributed by atoms with E-state index in [-0.39, 0.29) is 5.11 Å². The van der Waals surface area contributed by atoms with Crippen molar-refractivity contribution in [1.29, 1.82) is 0 Å². The second-order valence-corrected chi connectivity index (χ2v) is 3.41. The zero-order chi connectivity index (χ0) is 11.5. The molecule has 0 aromatic carbocycles. The number of rotatable bonds is 3. The van der Waals surface area contributed by atoms with Gasteiger partial charge >= 0.3 is 6.03 Å². The third kappa shape index (κ3) is 2.40. The van der Waals surface area contributed by atoms with Gasteiger partial charge in [-0.1, -0.05) is 6.92 Å². The first kappa shape index (κ1) is 11.4. The van der Waals surface area contributed by atoms with Crippen molar-refractivity contribution in [3.63, 3.8) is 0 Å². The molecule has 3 amide bonds. The molecule has 1 saturated heterocycles. The maximum Gasteiger partial charge on any atom is 0.322 e.